The topological polar surface area (TPSA) is 22.1 Å². The van der Waals surface area contributed by atoms with Crippen molar-refractivity contribution in [2.75, 3.05) is 7.11 Å². The lowest BCUT2D eigenvalue weighted by atomic mass is 9.64. The highest BCUT2D eigenvalue weighted by Crippen LogP contribution is 2.25. The summed E-state index contributed by atoms with van der Waals surface area (Å²) in [5, 5.41) is 5.16. The molecule has 5 heteroatoms. The second-order valence-electron chi connectivity index (χ2n) is 2.92. The van der Waals surface area contributed by atoms with Crippen molar-refractivity contribution in [2.45, 2.75) is 6.82 Å². The Bertz CT molecular complexity index is 399. The maximum Gasteiger partial charge on any atom is 0.324 e. The number of nitrogens with zero attached hydrogens (tertiary/aromatic N) is 1. The van der Waals surface area contributed by atoms with E-state index in [1.54, 1.807) is 29.8 Å². The molecule has 0 aromatic carbocycles. The Hall–Kier alpha value is -0.645. The summed E-state index contributed by atoms with van der Waals surface area (Å²) in [6.45, 7) is 2.19. The van der Waals surface area contributed by atoms with Crippen molar-refractivity contribution in [3.63, 3.8) is 0 Å². The fourth-order valence-electron chi connectivity index (χ4n) is 1.28. The molecule has 0 amide bonds. The van der Waals surface area contributed by atoms with E-state index < -0.39 is 0 Å². The SMILES string of the molecule is COB(C)c1ccsc1-c1nccs1. The quantitative estimate of drug-likeness (QED) is 0.745. The predicted octanol–water partition coefficient (Wildman–Crippen LogP) is 2.35. The Labute approximate surface area is 91.7 Å². The second-order valence-corrected chi connectivity index (χ2v) is 4.73. The van der Waals surface area contributed by atoms with E-state index in [-0.39, 0.29) is 6.92 Å². The largest absolute Gasteiger partial charge is 0.434 e. The molecule has 2 nitrogen and oxygen atoms in total. The first-order valence-electron chi connectivity index (χ1n) is 4.33. The van der Waals surface area contributed by atoms with E-state index in [2.05, 4.69) is 23.3 Å². The molecule has 0 bridgehead atoms. The van der Waals surface area contributed by atoms with E-state index in [0.29, 0.717) is 0 Å². The molecule has 72 valence electrons. The number of thiophene rings is 1. The van der Waals surface area contributed by atoms with Crippen molar-refractivity contribution in [3.8, 4) is 9.88 Å². The molecule has 0 saturated carbocycles. The molecule has 2 aromatic heterocycles. The van der Waals surface area contributed by atoms with Crippen LogP contribution in [0, 0.1) is 0 Å². The summed E-state index contributed by atoms with van der Waals surface area (Å²) in [5.41, 5.74) is 1.23. The van der Waals surface area contributed by atoms with Gasteiger partial charge in [0.1, 0.15) is 5.01 Å². The number of hydrogen-bond donors (Lipinski definition) is 0. The van der Waals surface area contributed by atoms with Gasteiger partial charge in [-0.25, -0.2) is 4.98 Å². The Balaban J connectivity index is 2.40. The van der Waals surface area contributed by atoms with Gasteiger partial charge in [0, 0.05) is 18.7 Å². The molecule has 0 unspecified atom stereocenters. The van der Waals surface area contributed by atoms with Crippen LogP contribution in [-0.2, 0) is 4.65 Å². The molecular weight excluding hydrogens is 213 g/mol. The molecule has 0 saturated heterocycles. The minimum absolute atomic E-state index is 0.139. The number of aromatic nitrogens is 1. The lowest BCUT2D eigenvalue weighted by Gasteiger charge is -2.04. The zero-order valence-electron chi connectivity index (χ0n) is 8.06. The molecule has 0 aliphatic carbocycles. The van der Waals surface area contributed by atoms with Gasteiger partial charge in [0.15, 0.2) is 0 Å². The van der Waals surface area contributed by atoms with Crippen LogP contribution in [0.1, 0.15) is 0 Å². The van der Waals surface area contributed by atoms with E-state index in [1.807, 2.05) is 11.6 Å². The second kappa shape index (κ2) is 4.25. The molecule has 0 spiro atoms. The highest BCUT2D eigenvalue weighted by atomic mass is 32.1. The normalized spacial score (nSPS) is 10.4. The highest BCUT2D eigenvalue weighted by molar-refractivity contribution is 7.21. The summed E-state index contributed by atoms with van der Waals surface area (Å²) in [7, 11) is 1.73. The molecule has 2 rings (SSSR count). The van der Waals surface area contributed by atoms with E-state index in [0.717, 1.165) is 5.01 Å². The fraction of sp³-hybridized carbons (Fsp3) is 0.222. The molecular formula is C9H10BNOS2. The van der Waals surface area contributed by atoms with Gasteiger partial charge in [-0.2, -0.15) is 0 Å². The molecule has 2 aromatic rings. The van der Waals surface area contributed by atoms with Crippen LogP contribution in [0.15, 0.2) is 23.0 Å². The van der Waals surface area contributed by atoms with Crippen molar-refractivity contribution in [1.82, 2.24) is 4.98 Å². The van der Waals surface area contributed by atoms with E-state index >= 15 is 0 Å². The van der Waals surface area contributed by atoms with E-state index in [4.69, 9.17) is 4.65 Å². The summed E-state index contributed by atoms with van der Waals surface area (Å²) in [6, 6.07) is 2.11. The smallest absolute Gasteiger partial charge is 0.324 e. The monoisotopic (exact) mass is 223 g/mol. The molecule has 0 atom stereocenters. The third kappa shape index (κ3) is 1.75. The molecule has 0 N–H and O–H groups in total. The van der Waals surface area contributed by atoms with E-state index in [1.165, 1.54) is 10.3 Å². The first kappa shape index (κ1) is 9.89. The zero-order chi connectivity index (χ0) is 9.97. The average Bonchev–Trinajstić information content (AvgIpc) is 2.85. The molecule has 0 aliphatic rings. The standard InChI is InChI=1S/C9H10BNOS2/c1-10(12-2)7-3-5-13-8(7)9-11-4-6-14-9/h3-6H,1-2H3. The van der Waals surface area contributed by atoms with Gasteiger partial charge in [0.25, 0.3) is 0 Å². The maximum atomic E-state index is 5.32. The summed E-state index contributed by atoms with van der Waals surface area (Å²) >= 11 is 3.39. The van der Waals surface area contributed by atoms with Gasteiger partial charge in [-0.05, 0) is 10.8 Å². The lowest BCUT2D eigenvalue weighted by Crippen LogP contribution is -2.28. The Morgan fingerprint density at radius 1 is 1.36 bits per heavy atom. The van der Waals surface area contributed by atoms with E-state index in [9.17, 15) is 0 Å². The fourth-order valence-corrected chi connectivity index (χ4v) is 3.04. The minimum Gasteiger partial charge on any atom is -0.434 e. The maximum absolute atomic E-state index is 5.32. The number of rotatable bonds is 3. The van der Waals surface area contributed by atoms with Crippen molar-refractivity contribution < 1.29 is 4.65 Å². The van der Waals surface area contributed by atoms with Crippen LogP contribution in [0.2, 0.25) is 6.82 Å². The summed E-state index contributed by atoms with van der Waals surface area (Å²) in [4.78, 5) is 5.54. The lowest BCUT2D eigenvalue weighted by molar-refractivity contribution is 0.435. The zero-order valence-corrected chi connectivity index (χ0v) is 9.69. The molecule has 0 fully saturated rings. The van der Waals surface area contributed by atoms with Gasteiger partial charge < -0.3 is 4.65 Å². The van der Waals surface area contributed by atoms with Crippen molar-refractivity contribution in [2.24, 2.45) is 0 Å². The summed E-state index contributed by atoms with van der Waals surface area (Å²) < 4.78 is 5.32. The van der Waals surface area contributed by atoms with Gasteiger partial charge in [-0.15, -0.1) is 22.7 Å². The van der Waals surface area contributed by atoms with Gasteiger partial charge in [-0.1, -0.05) is 12.9 Å². The minimum atomic E-state index is 0.139. The summed E-state index contributed by atoms with van der Waals surface area (Å²) in [6.07, 6.45) is 1.83. The number of thiazole rings is 1. The van der Waals surface area contributed by atoms with Crippen molar-refractivity contribution in [1.29, 1.82) is 0 Å². The Kier molecular flexibility index (Phi) is 3.00. The van der Waals surface area contributed by atoms with Crippen LogP contribution in [0.5, 0.6) is 0 Å². The molecule has 0 aliphatic heterocycles. The summed E-state index contributed by atoms with van der Waals surface area (Å²) in [5.74, 6) is 0. The van der Waals surface area contributed by atoms with Crippen molar-refractivity contribution in [3.05, 3.63) is 23.0 Å². The first-order chi connectivity index (χ1) is 6.83. The Morgan fingerprint density at radius 3 is 2.86 bits per heavy atom. The molecule has 2 heterocycles. The van der Waals surface area contributed by atoms with Crippen LogP contribution in [-0.4, -0.2) is 19.0 Å². The first-order valence-corrected chi connectivity index (χ1v) is 6.09. The predicted molar refractivity (Wildman–Crippen MR) is 63.7 cm³/mol. The molecule has 14 heavy (non-hydrogen) atoms. The van der Waals surface area contributed by atoms with Gasteiger partial charge >= 0.3 is 6.92 Å². The van der Waals surface area contributed by atoms with Gasteiger partial charge in [0.05, 0.1) is 4.88 Å². The van der Waals surface area contributed by atoms with Crippen molar-refractivity contribution >= 4 is 35.1 Å². The van der Waals surface area contributed by atoms with Gasteiger partial charge in [-0.3, -0.25) is 0 Å². The molecule has 0 radical (unpaired) electrons. The number of hydrogen-bond acceptors (Lipinski definition) is 4. The van der Waals surface area contributed by atoms with Crippen LogP contribution in [0.4, 0.5) is 0 Å². The average molecular weight is 223 g/mol. The third-order valence-corrected chi connectivity index (χ3v) is 3.97. The highest BCUT2D eigenvalue weighted by Gasteiger charge is 2.17. The van der Waals surface area contributed by atoms with Crippen LogP contribution in [0.25, 0.3) is 9.88 Å². The van der Waals surface area contributed by atoms with Crippen LogP contribution < -0.4 is 5.46 Å². The van der Waals surface area contributed by atoms with Crippen LogP contribution in [0.3, 0.4) is 0 Å². The third-order valence-electron chi connectivity index (χ3n) is 2.11. The Morgan fingerprint density at radius 2 is 2.21 bits per heavy atom. The van der Waals surface area contributed by atoms with Gasteiger partial charge in [0.2, 0.25) is 0 Å². The van der Waals surface area contributed by atoms with Crippen LogP contribution >= 0.6 is 22.7 Å².